The Labute approximate surface area is 111 Å². The summed E-state index contributed by atoms with van der Waals surface area (Å²) in [6, 6.07) is 1.13. The zero-order valence-electron chi connectivity index (χ0n) is 9.69. The van der Waals surface area contributed by atoms with Crippen molar-refractivity contribution < 1.29 is 29.3 Å². The van der Waals surface area contributed by atoms with Crippen LogP contribution < -0.4 is 9.47 Å². The number of carboxylic acids is 2. The van der Waals surface area contributed by atoms with Crippen molar-refractivity contribution in [1.82, 2.24) is 0 Å². The molecule has 0 fully saturated rings. The summed E-state index contributed by atoms with van der Waals surface area (Å²) in [5, 5.41) is 18.1. The molecule has 0 unspecified atom stereocenters. The molecule has 0 bridgehead atoms. The van der Waals surface area contributed by atoms with Gasteiger partial charge in [0.2, 0.25) is 0 Å². The van der Waals surface area contributed by atoms with Crippen molar-refractivity contribution in [1.29, 1.82) is 0 Å². The standard InChI is InChI=1S/C11H11BrO6/c1-3-18-9-6(17-2)4-5(10(13)14)7(8(9)12)11(15)16/h4H,3H2,1-2H3,(H,13,14)(H,15,16). The van der Waals surface area contributed by atoms with Gasteiger partial charge in [0, 0.05) is 0 Å². The van der Waals surface area contributed by atoms with Crippen LogP contribution in [0.15, 0.2) is 10.5 Å². The molecule has 0 saturated carbocycles. The van der Waals surface area contributed by atoms with Crippen LogP contribution in [0.2, 0.25) is 0 Å². The first kappa shape index (κ1) is 14.3. The van der Waals surface area contributed by atoms with Crippen LogP contribution in [-0.4, -0.2) is 35.9 Å². The van der Waals surface area contributed by atoms with Crippen LogP contribution in [0, 0.1) is 0 Å². The van der Waals surface area contributed by atoms with Crippen molar-refractivity contribution in [2.45, 2.75) is 6.92 Å². The maximum Gasteiger partial charge on any atom is 0.337 e. The van der Waals surface area contributed by atoms with Crippen LogP contribution in [0.3, 0.4) is 0 Å². The highest BCUT2D eigenvalue weighted by atomic mass is 79.9. The second-order valence-corrected chi connectivity index (χ2v) is 3.98. The molecular weight excluding hydrogens is 308 g/mol. The van der Waals surface area contributed by atoms with Crippen molar-refractivity contribution >= 4 is 27.9 Å². The van der Waals surface area contributed by atoms with Crippen LogP contribution in [0.5, 0.6) is 11.5 Å². The van der Waals surface area contributed by atoms with Gasteiger partial charge in [-0.15, -0.1) is 0 Å². The van der Waals surface area contributed by atoms with E-state index in [1.54, 1.807) is 6.92 Å². The van der Waals surface area contributed by atoms with E-state index in [2.05, 4.69) is 15.9 Å². The molecule has 0 aromatic heterocycles. The summed E-state index contributed by atoms with van der Waals surface area (Å²) in [7, 11) is 1.34. The largest absolute Gasteiger partial charge is 0.493 e. The molecule has 0 aliphatic rings. The normalized spacial score (nSPS) is 9.94. The lowest BCUT2D eigenvalue weighted by Gasteiger charge is -2.14. The van der Waals surface area contributed by atoms with Crippen LogP contribution in [0.25, 0.3) is 0 Å². The molecule has 0 saturated heterocycles. The fraction of sp³-hybridized carbons (Fsp3) is 0.273. The molecule has 0 atom stereocenters. The number of ether oxygens (including phenoxy) is 2. The zero-order valence-corrected chi connectivity index (χ0v) is 11.3. The van der Waals surface area contributed by atoms with E-state index < -0.39 is 11.9 Å². The van der Waals surface area contributed by atoms with E-state index in [0.717, 1.165) is 6.07 Å². The van der Waals surface area contributed by atoms with Gasteiger partial charge in [0.25, 0.3) is 0 Å². The molecule has 1 aromatic carbocycles. The molecule has 0 spiro atoms. The van der Waals surface area contributed by atoms with Crippen LogP contribution in [-0.2, 0) is 0 Å². The van der Waals surface area contributed by atoms with Crippen LogP contribution in [0.4, 0.5) is 0 Å². The first-order chi connectivity index (χ1) is 8.43. The lowest BCUT2D eigenvalue weighted by atomic mass is 10.1. The Balaban J connectivity index is 3.62. The molecule has 0 radical (unpaired) electrons. The minimum atomic E-state index is -1.36. The summed E-state index contributed by atoms with van der Waals surface area (Å²) < 4.78 is 10.3. The molecule has 0 amide bonds. The van der Waals surface area contributed by atoms with Gasteiger partial charge in [-0.25, -0.2) is 9.59 Å². The molecule has 6 nitrogen and oxygen atoms in total. The Bertz CT molecular complexity index is 497. The Kier molecular flexibility index (Phi) is 4.55. The fourth-order valence-electron chi connectivity index (χ4n) is 1.42. The highest BCUT2D eigenvalue weighted by Gasteiger charge is 2.26. The van der Waals surface area contributed by atoms with E-state index in [1.165, 1.54) is 7.11 Å². The number of aromatic carboxylic acids is 2. The van der Waals surface area contributed by atoms with Gasteiger partial charge in [-0.1, -0.05) is 0 Å². The monoisotopic (exact) mass is 318 g/mol. The Morgan fingerprint density at radius 3 is 2.33 bits per heavy atom. The van der Waals surface area contributed by atoms with Gasteiger partial charge in [-0.3, -0.25) is 0 Å². The third-order valence-electron chi connectivity index (χ3n) is 2.14. The number of hydrogen-bond donors (Lipinski definition) is 2. The SMILES string of the molecule is CCOc1c(OC)cc(C(=O)O)c(C(=O)O)c1Br. The van der Waals surface area contributed by atoms with Crippen molar-refractivity contribution in [3.8, 4) is 11.5 Å². The molecule has 1 rings (SSSR count). The van der Waals surface area contributed by atoms with Gasteiger partial charge in [0.1, 0.15) is 0 Å². The first-order valence-corrected chi connectivity index (χ1v) is 5.73. The molecular formula is C11H11BrO6. The van der Waals surface area contributed by atoms with E-state index in [-0.39, 0.29) is 27.1 Å². The van der Waals surface area contributed by atoms with Gasteiger partial charge in [-0.05, 0) is 28.9 Å². The lowest BCUT2D eigenvalue weighted by molar-refractivity contribution is 0.0649. The van der Waals surface area contributed by atoms with E-state index in [0.29, 0.717) is 6.61 Å². The Morgan fingerprint density at radius 1 is 1.33 bits per heavy atom. The third kappa shape index (κ3) is 2.56. The molecule has 7 heteroatoms. The predicted molar refractivity (Wildman–Crippen MR) is 65.8 cm³/mol. The quantitative estimate of drug-likeness (QED) is 0.865. The topological polar surface area (TPSA) is 93.1 Å². The van der Waals surface area contributed by atoms with Crippen LogP contribution >= 0.6 is 15.9 Å². The molecule has 18 heavy (non-hydrogen) atoms. The van der Waals surface area contributed by atoms with Crippen molar-refractivity contribution in [3.63, 3.8) is 0 Å². The number of carboxylic acid groups (broad SMARTS) is 2. The van der Waals surface area contributed by atoms with Crippen molar-refractivity contribution in [2.24, 2.45) is 0 Å². The highest BCUT2D eigenvalue weighted by molar-refractivity contribution is 9.10. The van der Waals surface area contributed by atoms with Gasteiger partial charge in [0.05, 0.1) is 29.3 Å². The van der Waals surface area contributed by atoms with Crippen molar-refractivity contribution in [2.75, 3.05) is 13.7 Å². The van der Waals surface area contributed by atoms with E-state index >= 15 is 0 Å². The highest BCUT2D eigenvalue weighted by Crippen LogP contribution is 2.40. The van der Waals surface area contributed by atoms with Gasteiger partial charge in [0.15, 0.2) is 11.5 Å². The summed E-state index contributed by atoms with van der Waals surface area (Å²) in [6.07, 6.45) is 0. The molecule has 0 heterocycles. The summed E-state index contributed by atoms with van der Waals surface area (Å²) in [6.45, 7) is 2.01. The van der Waals surface area contributed by atoms with Crippen LogP contribution in [0.1, 0.15) is 27.6 Å². The second kappa shape index (κ2) is 5.72. The molecule has 0 aliphatic heterocycles. The number of carbonyl (C=O) groups is 2. The summed E-state index contributed by atoms with van der Waals surface area (Å²) in [5.41, 5.74) is -0.735. The number of rotatable bonds is 5. The number of hydrogen-bond acceptors (Lipinski definition) is 4. The first-order valence-electron chi connectivity index (χ1n) is 4.93. The minimum Gasteiger partial charge on any atom is -0.493 e. The number of benzene rings is 1. The average Bonchev–Trinajstić information content (AvgIpc) is 2.30. The zero-order chi connectivity index (χ0) is 13.9. The molecule has 98 valence electrons. The number of halogens is 1. The lowest BCUT2D eigenvalue weighted by Crippen LogP contribution is -2.11. The number of methoxy groups -OCH3 is 1. The summed E-state index contributed by atoms with van der Waals surface area (Å²) in [4.78, 5) is 22.1. The van der Waals surface area contributed by atoms with Gasteiger partial charge >= 0.3 is 11.9 Å². The summed E-state index contributed by atoms with van der Waals surface area (Å²) in [5.74, 6) is -2.38. The Morgan fingerprint density at radius 2 is 1.94 bits per heavy atom. The molecule has 0 aliphatic carbocycles. The summed E-state index contributed by atoms with van der Waals surface area (Å²) >= 11 is 3.04. The van der Waals surface area contributed by atoms with Gasteiger partial charge in [-0.2, -0.15) is 0 Å². The third-order valence-corrected chi connectivity index (χ3v) is 2.90. The second-order valence-electron chi connectivity index (χ2n) is 3.19. The molecule has 1 aromatic rings. The maximum absolute atomic E-state index is 11.1. The van der Waals surface area contributed by atoms with E-state index in [4.69, 9.17) is 19.7 Å². The smallest absolute Gasteiger partial charge is 0.337 e. The van der Waals surface area contributed by atoms with E-state index in [9.17, 15) is 9.59 Å². The van der Waals surface area contributed by atoms with Gasteiger partial charge < -0.3 is 19.7 Å². The average molecular weight is 319 g/mol. The maximum atomic E-state index is 11.1. The van der Waals surface area contributed by atoms with Crippen molar-refractivity contribution in [3.05, 3.63) is 21.7 Å². The minimum absolute atomic E-state index is 0.0496. The fourth-order valence-corrected chi connectivity index (χ4v) is 2.11. The van der Waals surface area contributed by atoms with E-state index in [1.807, 2.05) is 0 Å². The predicted octanol–water partition coefficient (Wildman–Crippen LogP) is 2.25. The molecule has 2 N–H and O–H groups in total. The Hall–Kier alpha value is -1.76.